The van der Waals surface area contributed by atoms with Gasteiger partial charge in [-0.15, -0.1) is 0 Å². The first-order chi connectivity index (χ1) is 10.0. The van der Waals surface area contributed by atoms with Crippen molar-refractivity contribution in [2.75, 3.05) is 0 Å². The Balaban J connectivity index is 2.65. The van der Waals surface area contributed by atoms with E-state index < -0.39 is 17.0 Å². The molecular weight excluding hydrogens is 276 g/mol. The van der Waals surface area contributed by atoms with Gasteiger partial charge in [-0.2, -0.15) is 0 Å². The lowest BCUT2D eigenvalue weighted by Gasteiger charge is -2.35. The summed E-state index contributed by atoms with van der Waals surface area (Å²) in [5.74, 6) is -0.173. The van der Waals surface area contributed by atoms with E-state index in [2.05, 4.69) is 32.1 Å². The molecule has 1 aliphatic carbocycles. The third-order valence-corrected chi connectivity index (χ3v) is 4.39. The minimum Gasteiger partial charge on any atom is -0.481 e. The van der Waals surface area contributed by atoms with E-state index in [1.54, 1.807) is 13.8 Å². The molecule has 0 amide bonds. The number of aliphatic carboxylic acids is 1. The summed E-state index contributed by atoms with van der Waals surface area (Å²) >= 11 is 0. The lowest BCUT2D eigenvalue weighted by Crippen LogP contribution is -2.38. The summed E-state index contributed by atoms with van der Waals surface area (Å²) in [4.78, 5) is 11.3. The SMILES string of the molecule is CC(=CC1CC=CCC1)C(C)OC(C)(C)CC(C)(C)C(=O)O. The Morgan fingerprint density at radius 1 is 1.36 bits per heavy atom. The maximum atomic E-state index is 11.3. The first kappa shape index (κ1) is 19.0. The van der Waals surface area contributed by atoms with Gasteiger partial charge in [-0.3, -0.25) is 4.79 Å². The maximum absolute atomic E-state index is 11.3. The number of carboxylic acid groups (broad SMARTS) is 1. The molecule has 2 atom stereocenters. The van der Waals surface area contributed by atoms with E-state index in [-0.39, 0.29) is 6.10 Å². The van der Waals surface area contributed by atoms with Crippen LogP contribution < -0.4 is 0 Å². The zero-order chi connectivity index (χ0) is 17.0. The van der Waals surface area contributed by atoms with Crippen molar-refractivity contribution in [1.29, 1.82) is 0 Å². The summed E-state index contributed by atoms with van der Waals surface area (Å²) in [7, 11) is 0. The lowest BCUT2D eigenvalue weighted by molar-refractivity contribution is -0.153. The molecule has 2 unspecified atom stereocenters. The Bertz CT molecular complexity index is 444. The summed E-state index contributed by atoms with van der Waals surface area (Å²) in [6.07, 6.45) is 10.8. The van der Waals surface area contributed by atoms with Crippen LogP contribution in [-0.4, -0.2) is 22.8 Å². The normalized spacial score (nSPS) is 21.7. The van der Waals surface area contributed by atoms with Crippen LogP contribution in [0.3, 0.4) is 0 Å². The number of rotatable bonds is 7. The van der Waals surface area contributed by atoms with Crippen LogP contribution in [0.2, 0.25) is 0 Å². The second-order valence-corrected chi connectivity index (χ2v) is 7.84. The summed E-state index contributed by atoms with van der Waals surface area (Å²) in [5.41, 5.74) is -0.0146. The highest BCUT2D eigenvalue weighted by molar-refractivity contribution is 5.73. The maximum Gasteiger partial charge on any atom is 0.309 e. The van der Waals surface area contributed by atoms with Crippen molar-refractivity contribution in [1.82, 2.24) is 0 Å². The van der Waals surface area contributed by atoms with Crippen molar-refractivity contribution in [2.45, 2.75) is 78.9 Å². The van der Waals surface area contributed by atoms with Gasteiger partial charge in [0.05, 0.1) is 17.1 Å². The van der Waals surface area contributed by atoms with Crippen LogP contribution >= 0.6 is 0 Å². The predicted octanol–water partition coefficient (Wildman–Crippen LogP) is 4.97. The summed E-state index contributed by atoms with van der Waals surface area (Å²) in [6, 6.07) is 0. The third kappa shape index (κ3) is 5.96. The lowest BCUT2D eigenvalue weighted by atomic mass is 9.81. The zero-order valence-corrected chi connectivity index (χ0v) is 15.0. The van der Waals surface area contributed by atoms with E-state index in [0.717, 1.165) is 12.8 Å². The Morgan fingerprint density at radius 2 is 2.00 bits per heavy atom. The van der Waals surface area contributed by atoms with Crippen molar-refractivity contribution in [2.24, 2.45) is 11.3 Å². The van der Waals surface area contributed by atoms with E-state index in [4.69, 9.17) is 4.74 Å². The first-order valence-electron chi connectivity index (χ1n) is 8.28. The molecule has 0 bridgehead atoms. The molecule has 1 N–H and O–H groups in total. The van der Waals surface area contributed by atoms with Crippen molar-refractivity contribution in [3.05, 3.63) is 23.8 Å². The standard InChI is InChI=1S/C19H32O3/c1-14(12-16-10-8-7-9-11-16)15(2)22-19(5,6)13-18(3,4)17(20)21/h7-8,12,15-16H,9-11,13H2,1-6H3,(H,20,21). The van der Waals surface area contributed by atoms with Crippen LogP contribution in [0.25, 0.3) is 0 Å². The van der Waals surface area contributed by atoms with Gasteiger partial charge in [-0.1, -0.05) is 18.2 Å². The first-order valence-corrected chi connectivity index (χ1v) is 8.28. The van der Waals surface area contributed by atoms with Crippen molar-refractivity contribution < 1.29 is 14.6 Å². The van der Waals surface area contributed by atoms with Crippen LogP contribution in [0.1, 0.15) is 67.2 Å². The number of hydrogen-bond donors (Lipinski definition) is 1. The summed E-state index contributed by atoms with van der Waals surface area (Å²) < 4.78 is 6.18. The summed E-state index contributed by atoms with van der Waals surface area (Å²) in [6.45, 7) is 11.6. The van der Waals surface area contributed by atoms with Gasteiger partial charge in [-0.05, 0) is 78.7 Å². The highest BCUT2D eigenvalue weighted by atomic mass is 16.5. The quantitative estimate of drug-likeness (QED) is 0.675. The molecule has 3 nitrogen and oxygen atoms in total. The zero-order valence-electron chi connectivity index (χ0n) is 15.0. The molecule has 1 aliphatic rings. The number of carboxylic acids is 1. The fourth-order valence-corrected chi connectivity index (χ4v) is 3.23. The van der Waals surface area contributed by atoms with Crippen molar-refractivity contribution >= 4 is 5.97 Å². The van der Waals surface area contributed by atoms with Gasteiger partial charge >= 0.3 is 5.97 Å². The molecule has 0 saturated carbocycles. The molecule has 0 heterocycles. The highest BCUT2D eigenvalue weighted by Gasteiger charge is 2.36. The average molecular weight is 308 g/mol. The fraction of sp³-hybridized carbons (Fsp3) is 0.737. The van der Waals surface area contributed by atoms with Crippen LogP contribution in [0.15, 0.2) is 23.8 Å². The predicted molar refractivity (Wildman–Crippen MR) is 90.9 cm³/mol. The van der Waals surface area contributed by atoms with Gasteiger partial charge in [0.1, 0.15) is 0 Å². The van der Waals surface area contributed by atoms with Crippen LogP contribution in [0.4, 0.5) is 0 Å². The van der Waals surface area contributed by atoms with E-state index in [1.165, 1.54) is 12.0 Å². The molecule has 0 saturated heterocycles. The molecule has 126 valence electrons. The number of allylic oxidation sites excluding steroid dienone is 3. The molecular formula is C19H32O3. The number of carbonyl (C=O) groups is 1. The number of ether oxygens (including phenoxy) is 1. The largest absolute Gasteiger partial charge is 0.481 e. The second-order valence-electron chi connectivity index (χ2n) is 7.84. The molecule has 1 rings (SSSR count). The van der Waals surface area contributed by atoms with Gasteiger partial charge in [0.25, 0.3) is 0 Å². The van der Waals surface area contributed by atoms with E-state index in [9.17, 15) is 9.90 Å². The molecule has 0 aromatic rings. The summed E-state index contributed by atoms with van der Waals surface area (Å²) in [5, 5.41) is 9.29. The molecule has 3 heteroatoms. The molecule has 0 spiro atoms. The molecule has 0 aromatic heterocycles. The van der Waals surface area contributed by atoms with Gasteiger partial charge in [0.15, 0.2) is 0 Å². The monoisotopic (exact) mass is 308 g/mol. The second kappa shape index (κ2) is 7.45. The fourth-order valence-electron chi connectivity index (χ4n) is 3.23. The Labute approximate surface area is 135 Å². The van der Waals surface area contributed by atoms with Gasteiger partial charge in [0, 0.05) is 0 Å². The minimum absolute atomic E-state index is 0.00509. The van der Waals surface area contributed by atoms with E-state index >= 15 is 0 Å². The minimum atomic E-state index is -0.783. The smallest absolute Gasteiger partial charge is 0.309 e. The third-order valence-electron chi connectivity index (χ3n) is 4.39. The van der Waals surface area contributed by atoms with Crippen molar-refractivity contribution in [3.8, 4) is 0 Å². The number of hydrogen-bond acceptors (Lipinski definition) is 2. The topological polar surface area (TPSA) is 46.5 Å². The van der Waals surface area contributed by atoms with E-state index in [0.29, 0.717) is 12.3 Å². The Hall–Kier alpha value is -1.09. The van der Waals surface area contributed by atoms with E-state index in [1.807, 2.05) is 13.8 Å². The molecule has 0 aromatic carbocycles. The van der Waals surface area contributed by atoms with Crippen LogP contribution in [-0.2, 0) is 9.53 Å². The van der Waals surface area contributed by atoms with Crippen LogP contribution in [0, 0.1) is 11.3 Å². The highest BCUT2D eigenvalue weighted by Crippen LogP contribution is 2.32. The van der Waals surface area contributed by atoms with Gasteiger partial charge < -0.3 is 9.84 Å². The Kier molecular flexibility index (Phi) is 6.42. The molecule has 0 fully saturated rings. The van der Waals surface area contributed by atoms with Gasteiger partial charge in [-0.25, -0.2) is 0 Å². The van der Waals surface area contributed by atoms with Crippen molar-refractivity contribution in [3.63, 3.8) is 0 Å². The van der Waals surface area contributed by atoms with Gasteiger partial charge in [0.2, 0.25) is 0 Å². The van der Waals surface area contributed by atoms with Crippen LogP contribution in [0.5, 0.6) is 0 Å². The molecule has 22 heavy (non-hydrogen) atoms. The molecule has 0 radical (unpaired) electrons. The Morgan fingerprint density at radius 3 is 2.50 bits per heavy atom. The average Bonchev–Trinajstić information content (AvgIpc) is 2.37. The molecule has 0 aliphatic heterocycles.